The second kappa shape index (κ2) is 7.08. The Hall–Kier alpha value is -2.79. The predicted molar refractivity (Wildman–Crippen MR) is 105 cm³/mol. The van der Waals surface area contributed by atoms with Crippen molar-refractivity contribution in [1.82, 2.24) is 4.90 Å². The number of rotatable bonds is 4. The van der Waals surface area contributed by atoms with Gasteiger partial charge in [-0.15, -0.1) is 0 Å². The standard InChI is InChI=1S/C22H23NO4/c1-14-9-15(2)11-16(10-14)27-20-13-26-22-17(21(20)25)5-6-19(24)18(22)12-23-7-3-4-8-23/h5-6,9-11,13,24H,3-4,7-8,12H2,1-2H3. The zero-order valence-corrected chi connectivity index (χ0v) is 15.6. The summed E-state index contributed by atoms with van der Waals surface area (Å²) in [4.78, 5) is 15.2. The molecular formula is C22H23NO4. The van der Waals surface area contributed by atoms with Crippen LogP contribution in [0.3, 0.4) is 0 Å². The molecule has 5 nitrogen and oxygen atoms in total. The molecule has 0 unspecified atom stereocenters. The highest BCUT2D eigenvalue weighted by molar-refractivity contribution is 5.83. The molecule has 0 aliphatic carbocycles. The number of ether oxygens (including phenoxy) is 1. The van der Waals surface area contributed by atoms with Crippen LogP contribution in [0.15, 0.2) is 45.8 Å². The SMILES string of the molecule is Cc1cc(C)cc(Oc2coc3c(CN4CCCC4)c(O)ccc3c2=O)c1. The summed E-state index contributed by atoms with van der Waals surface area (Å²) >= 11 is 0. The van der Waals surface area contributed by atoms with Crippen molar-refractivity contribution >= 4 is 11.0 Å². The maximum atomic E-state index is 12.9. The van der Waals surface area contributed by atoms with Crippen molar-refractivity contribution in [2.75, 3.05) is 13.1 Å². The molecular weight excluding hydrogens is 342 g/mol. The van der Waals surface area contributed by atoms with Crippen molar-refractivity contribution in [2.24, 2.45) is 0 Å². The number of aryl methyl sites for hydroxylation is 2. The van der Waals surface area contributed by atoms with Crippen LogP contribution in [0.4, 0.5) is 0 Å². The van der Waals surface area contributed by atoms with Crippen molar-refractivity contribution in [2.45, 2.75) is 33.2 Å². The van der Waals surface area contributed by atoms with Crippen LogP contribution >= 0.6 is 0 Å². The van der Waals surface area contributed by atoms with Gasteiger partial charge in [-0.05, 0) is 75.2 Å². The summed E-state index contributed by atoms with van der Waals surface area (Å²) in [6, 6.07) is 8.96. The van der Waals surface area contributed by atoms with Gasteiger partial charge < -0.3 is 14.3 Å². The monoisotopic (exact) mass is 365 g/mol. The topological polar surface area (TPSA) is 62.9 Å². The average molecular weight is 365 g/mol. The molecule has 1 aromatic heterocycles. The lowest BCUT2D eigenvalue weighted by Crippen LogP contribution is -2.19. The minimum atomic E-state index is -0.238. The van der Waals surface area contributed by atoms with Crippen LogP contribution in [0.5, 0.6) is 17.2 Å². The van der Waals surface area contributed by atoms with E-state index in [4.69, 9.17) is 9.15 Å². The van der Waals surface area contributed by atoms with Crippen LogP contribution in [0.25, 0.3) is 11.0 Å². The molecule has 5 heteroatoms. The number of phenols is 1. The predicted octanol–water partition coefficient (Wildman–Crippen LogP) is 4.50. The third kappa shape index (κ3) is 3.55. The number of hydrogen-bond donors (Lipinski definition) is 1. The van der Waals surface area contributed by atoms with E-state index in [1.54, 1.807) is 12.1 Å². The third-order valence-electron chi connectivity index (χ3n) is 4.99. The molecule has 0 bridgehead atoms. The molecule has 0 atom stereocenters. The van der Waals surface area contributed by atoms with Crippen LogP contribution in [0.2, 0.25) is 0 Å². The molecule has 0 saturated carbocycles. The summed E-state index contributed by atoms with van der Waals surface area (Å²) in [6.07, 6.45) is 3.65. The van der Waals surface area contributed by atoms with Crippen molar-refractivity contribution < 1.29 is 14.3 Å². The Kier molecular flexibility index (Phi) is 4.62. The zero-order chi connectivity index (χ0) is 19.0. The van der Waals surface area contributed by atoms with Gasteiger partial charge in [-0.25, -0.2) is 0 Å². The Labute approximate surface area is 157 Å². The van der Waals surface area contributed by atoms with E-state index in [1.165, 1.54) is 6.26 Å². The van der Waals surface area contributed by atoms with Crippen LogP contribution in [-0.4, -0.2) is 23.1 Å². The Morgan fingerprint density at radius 1 is 1.11 bits per heavy atom. The lowest BCUT2D eigenvalue weighted by molar-refractivity contribution is 0.323. The first-order chi connectivity index (χ1) is 13.0. The third-order valence-corrected chi connectivity index (χ3v) is 4.99. The summed E-state index contributed by atoms with van der Waals surface area (Å²) in [6.45, 7) is 6.53. The van der Waals surface area contributed by atoms with Gasteiger partial charge in [0.25, 0.3) is 0 Å². The summed E-state index contributed by atoms with van der Waals surface area (Å²) in [7, 11) is 0. The van der Waals surface area contributed by atoms with Crippen molar-refractivity contribution in [3.05, 3.63) is 63.5 Å². The first-order valence-electron chi connectivity index (χ1n) is 9.26. The molecule has 140 valence electrons. The van der Waals surface area contributed by atoms with E-state index in [1.807, 2.05) is 32.0 Å². The molecule has 2 aromatic carbocycles. The molecule has 3 aromatic rings. The summed E-state index contributed by atoms with van der Waals surface area (Å²) in [5.41, 5.74) is 2.98. The van der Waals surface area contributed by atoms with Gasteiger partial charge in [0.05, 0.1) is 10.9 Å². The minimum absolute atomic E-state index is 0.144. The molecule has 1 aliphatic heterocycles. The van der Waals surface area contributed by atoms with Gasteiger partial charge in [-0.1, -0.05) is 6.07 Å². The van der Waals surface area contributed by atoms with Crippen LogP contribution < -0.4 is 10.2 Å². The van der Waals surface area contributed by atoms with E-state index in [-0.39, 0.29) is 16.9 Å². The second-order valence-electron chi connectivity index (χ2n) is 7.28. The Bertz CT molecular complexity index is 1030. The van der Waals surface area contributed by atoms with E-state index < -0.39 is 0 Å². The van der Waals surface area contributed by atoms with Gasteiger partial charge in [0, 0.05) is 6.54 Å². The van der Waals surface area contributed by atoms with E-state index >= 15 is 0 Å². The average Bonchev–Trinajstić information content (AvgIpc) is 3.12. The van der Waals surface area contributed by atoms with Gasteiger partial charge in [0.1, 0.15) is 23.3 Å². The number of hydrogen-bond acceptors (Lipinski definition) is 5. The van der Waals surface area contributed by atoms with E-state index in [0.717, 1.165) is 37.1 Å². The number of benzene rings is 2. The Morgan fingerprint density at radius 3 is 2.52 bits per heavy atom. The van der Waals surface area contributed by atoms with E-state index in [9.17, 15) is 9.90 Å². The number of aromatic hydroxyl groups is 1. The van der Waals surface area contributed by atoms with Crippen LogP contribution in [0, 0.1) is 13.8 Å². The molecule has 1 N–H and O–H groups in total. The Balaban J connectivity index is 1.73. The molecule has 0 amide bonds. The molecule has 1 aliphatic rings. The minimum Gasteiger partial charge on any atom is -0.507 e. The van der Waals surface area contributed by atoms with E-state index in [2.05, 4.69) is 4.90 Å². The van der Waals surface area contributed by atoms with Gasteiger partial charge in [0.2, 0.25) is 11.2 Å². The summed E-state index contributed by atoms with van der Waals surface area (Å²) in [5, 5.41) is 10.7. The highest BCUT2D eigenvalue weighted by Crippen LogP contribution is 2.30. The van der Waals surface area contributed by atoms with Crippen LogP contribution in [0.1, 0.15) is 29.5 Å². The van der Waals surface area contributed by atoms with Crippen LogP contribution in [-0.2, 0) is 6.54 Å². The quantitative estimate of drug-likeness (QED) is 0.737. The number of fused-ring (bicyclic) bond motifs is 1. The van der Waals surface area contributed by atoms with Gasteiger partial charge in [0.15, 0.2) is 0 Å². The molecule has 1 fully saturated rings. The first kappa shape index (κ1) is 17.6. The molecule has 1 saturated heterocycles. The lowest BCUT2D eigenvalue weighted by Gasteiger charge is -2.16. The van der Waals surface area contributed by atoms with Crippen molar-refractivity contribution in [1.29, 1.82) is 0 Å². The fraction of sp³-hybridized carbons (Fsp3) is 0.318. The van der Waals surface area contributed by atoms with E-state index in [0.29, 0.717) is 28.8 Å². The molecule has 4 rings (SSSR count). The summed E-state index contributed by atoms with van der Waals surface area (Å²) < 4.78 is 11.6. The molecule has 27 heavy (non-hydrogen) atoms. The number of phenolic OH excluding ortho intramolecular Hbond substituents is 1. The summed E-state index contributed by atoms with van der Waals surface area (Å²) in [5.74, 6) is 0.904. The fourth-order valence-electron chi connectivity index (χ4n) is 3.74. The second-order valence-corrected chi connectivity index (χ2v) is 7.28. The number of likely N-dealkylation sites (tertiary alicyclic amines) is 1. The Morgan fingerprint density at radius 2 is 1.81 bits per heavy atom. The van der Waals surface area contributed by atoms with Gasteiger partial charge in [-0.2, -0.15) is 0 Å². The highest BCUT2D eigenvalue weighted by Gasteiger charge is 2.19. The first-order valence-corrected chi connectivity index (χ1v) is 9.26. The largest absolute Gasteiger partial charge is 0.507 e. The van der Waals surface area contributed by atoms with Gasteiger partial charge >= 0.3 is 0 Å². The maximum Gasteiger partial charge on any atom is 0.235 e. The normalized spacial score (nSPS) is 14.7. The number of nitrogens with zero attached hydrogens (tertiary/aromatic N) is 1. The lowest BCUT2D eigenvalue weighted by atomic mass is 10.1. The van der Waals surface area contributed by atoms with Gasteiger partial charge in [-0.3, -0.25) is 9.69 Å². The maximum absolute atomic E-state index is 12.9. The molecule has 0 spiro atoms. The molecule has 0 radical (unpaired) electrons. The molecule has 2 heterocycles. The highest BCUT2D eigenvalue weighted by atomic mass is 16.5. The van der Waals surface area contributed by atoms with Crippen molar-refractivity contribution in [3.63, 3.8) is 0 Å². The van der Waals surface area contributed by atoms with Crippen molar-refractivity contribution in [3.8, 4) is 17.2 Å². The zero-order valence-electron chi connectivity index (χ0n) is 15.6. The smallest absolute Gasteiger partial charge is 0.235 e. The fourth-order valence-corrected chi connectivity index (χ4v) is 3.74.